The molecule has 3 nitrogen and oxygen atoms in total. The first kappa shape index (κ1) is 14.3. The molecule has 0 saturated carbocycles. The molecule has 2 aromatic rings. The molecule has 0 aliphatic carbocycles. The van der Waals surface area contributed by atoms with Crippen LogP contribution in [0.1, 0.15) is 50.2 Å². The van der Waals surface area contributed by atoms with Crippen LogP contribution in [0.3, 0.4) is 0 Å². The lowest BCUT2D eigenvalue weighted by atomic mass is 10.2. The molecule has 0 spiro atoms. The van der Waals surface area contributed by atoms with E-state index in [9.17, 15) is 4.79 Å². The Morgan fingerprint density at radius 3 is 2.74 bits per heavy atom. The van der Waals surface area contributed by atoms with E-state index in [0.717, 1.165) is 35.4 Å². The average molecular weight is 278 g/mol. The third-order valence-electron chi connectivity index (χ3n) is 3.48. The summed E-state index contributed by atoms with van der Waals surface area (Å²) in [6.45, 7) is 7.04. The van der Waals surface area contributed by atoms with Crippen molar-refractivity contribution in [2.75, 3.05) is 0 Å². The predicted molar refractivity (Wildman–Crippen MR) is 82.1 cm³/mol. The number of aryl methyl sites for hydroxylation is 2. The van der Waals surface area contributed by atoms with Crippen LogP contribution < -0.4 is 5.56 Å². The van der Waals surface area contributed by atoms with Gasteiger partial charge in [0, 0.05) is 11.4 Å². The standard InChI is InChI=1S/C15H22N2OS/c1-4-6-7-8-9-17-11(3)16-14-13(15(17)18)10-12(5-2)19-14/h10H,4-9H2,1-3H3. The third-order valence-corrected chi connectivity index (χ3v) is 4.65. The maximum atomic E-state index is 12.5. The fourth-order valence-electron chi connectivity index (χ4n) is 2.30. The van der Waals surface area contributed by atoms with E-state index in [1.807, 2.05) is 17.6 Å². The zero-order chi connectivity index (χ0) is 13.8. The maximum Gasteiger partial charge on any atom is 0.262 e. The second kappa shape index (κ2) is 6.33. The monoisotopic (exact) mass is 278 g/mol. The summed E-state index contributed by atoms with van der Waals surface area (Å²) >= 11 is 1.64. The van der Waals surface area contributed by atoms with Crippen LogP contribution in [-0.4, -0.2) is 9.55 Å². The summed E-state index contributed by atoms with van der Waals surface area (Å²) in [6.07, 6.45) is 5.67. The minimum Gasteiger partial charge on any atom is -0.296 e. The number of rotatable bonds is 6. The molecular formula is C15H22N2OS. The lowest BCUT2D eigenvalue weighted by Crippen LogP contribution is -2.23. The Bertz CT molecular complexity index is 612. The van der Waals surface area contributed by atoms with Crippen LogP contribution in [-0.2, 0) is 13.0 Å². The van der Waals surface area contributed by atoms with Gasteiger partial charge in [0.15, 0.2) is 0 Å². The molecule has 0 unspecified atom stereocenters. The summed E-state index contributed by atoms with van der Waals surface area (Å²) in [5.74, 6) is 0.846. The molecular weight excluding hydrogens is 256 g/mol. The zero-order valence-corrected chi connectivity index (χ0v) is 12.8. The summed E-state index contributed by atoms with van der Waals surface area (Å²) in [6, 6.07) is 2.01. The normalized spacial score (nSPS) is 11.3. The molecule has 0 bridgehead atoms. The summed E-state index contributed by atoms with van der Waals surface area (Å²) < 4.78 is 1.84. The van der Waals surface area contributed by atoms with E-state index in [-0.39, 0.29) is 5.56 Å². The highest BCUT2D eigenvalue weighted by atomic mass is 32.1. The van der Waals surface area contributed by atoms with Crippen molar-refractivity contribution >= 4 is 21.6 Å². The Morgan fingerprint density at radius 2 is 2.05 bits per heavy atom. The van der Waals surface area contributed by atoms with Crippen molar-refractivity contribution in [3.05, 3.63) is 27.1 Å². The molecule has 104 valence electrons. The first-order valence-electron chi connectivity index (χ1n) is 7.17. The molecule has 0 aromatic carbocycles. The largest absolute Gasteiger partial charge is 0.296 e. The number of nitrogens with zero attached hydrogens (tertiary/aromatic N) is 2. The number of thiophene rings is 1. The fourth-order valence-corrected chi connectivity index (χ4v) is 3.30. The summed E-state index contributed by atoms with van der Waals surface area (Å²) in [5, 5.41) is 0.794. The van der Waals surface area contributed by atoms with E-state index in [1.165, 1.54) is 24.1 Å². The molecule has 4 heteroatoms. The van der Waals surface area contributed by atoms with Gasteiger partial charge in [-0.2, -0.15) is 0 Å². The van der Waals surface area contributed by atoms with Crippen LogP contribution in [0.4, 0.5) is 0 Å². The quantitative estimate of drug-likeness (QED) is 0.751. The summed E-state index contributed by atoms with van der Waals surface area (Å²) in [7, 11) is 0. The van der Waals surface area contributed by atoms with E-state index >= 15 is 0 Å². The number of fused-ring (bicyclic) bond motifs is 1. The highest BCUT2D eigenvalue weighted by Gasteiger charge is 2.10. The topological polar surface area (TPSA) is 34.9 Å². The Labute approximate surface area is 118 Å². The summed E-state index contributed by atoms with van der Waals surface area (Å²) in [4.78, 5) is 19.2. The first-order chi connectivity index (χ1) is 9.17. The number of hydrogen-bond donors (Lipinski definition) is 0. The molecule has 2 aromatic heterocycles. The van der Waals surface area contributed by atoms with Crippen LogP contribution in [0.25, 0.3) is 10.2 Å². The molecule has 0 aliphatic heterocycles. The lowest BCUT2D eigenvalue weighted by Gasteiger charge is -2.08. The highest BCUT2D eigenvalue weighted by Crippen LogP contribution is 2.22. The number of aromatic nitrogens is 2. The second-order valence-corrected chi connectivity index (χ2v) is 6.08. The average Bonchev–Trinajstić information content (AvgIpc) is 2.81. The van der Waals surface area contributed by atoms with Gasteiger partial charge in [-0.3, -0.25) is 9.36 Å². The van der Waals surface area contributed by atoms with Gasteiger partial charge in [0.2, 0.25) is 0 Å². The van der Waals surface area contributed by atoms with Crippen molar-refractivity contribution in [2.45, 2.75) is 59.4 Å². The lowest BCUT2D eigenvalue weighted by molar-refractivity contribution is 0.556. The van der Waals surface area contributed by atoms with Gasteiger partial charge in [0.1, 0.15) is 10.7 Å². The SMILES string of the molecule is CCCCCCn1c(C)nc2sc(CC)cc2c1=O. The first-order valence-corrected chi connectivity index (χ1v) is 7.98. The Kier molecular flexibility index (Phi) is 4.75. The Balaban J connectivity index is 2.30. The molecule has 2 rings (SSSR count). The van der Waals surface area contributed by atoms with Gasteiger partial charge in [-0.25, -0.2) is 4.98 Å². The van der Waals surface area contributed by atoms with Crippen LogP contribution in [0.2, 0.25) is 0 Å². The van der Waals surface area contributed by atoms with E-state index in [0.29, 0.717) is 0 Å². The molecule has 2 heterocycles. The van der Waals surface area contributed by atoms with Gasteiger partial charge in [0.25, 0.3) is 5.56 Å². The van der Waals surface area contributed by atoms with Crippen LogP contribution in [0.15, 0.2) is 10.9 Å². The van der Waals surface area contributed by atoms with Crippen LogP contribution >= 0.6 is 11.3 Å². The molecule has 0 atom stereocenters. The van der Waals surface area contributed by atoms with E-state index < -0.39 is 0 Å². The van der Waals surface area contributed by atoms with Crippen LogP contribution in [0.5, 0.6) is 0 Å². The molecule has 0 fully saturated rings. The molecule has 19 heavy (non-hydrogen) atoms. The summed E-state index contributed by atoms with van der Waals surface area (Å²) in [5.41, 5.74) is 0.134. The van der Waals surface area contributed by atoms with Gasteiger partial charge in [-0.15, -0.1) is 11.3 Å². The van der Waals surface area contributed by atoms with Crippen molar-refractivity contribution in [3.63, 3.8) is 0 Å². The zero-order valence-electron chi connectivity index (χ0n) is 12.0. The maximum absolute atomic E-state index is 12.5. The van der Waals surface area contributed by atoms with Crippen molar-refractivity contribution in [1.82, 2.24) is 9.55 Å². The van der Waals surface area contributed by atoms with Gasteiger partial charge >= 0.3 is 0 Å². The van der Waals surface area contributed by atoms with Crippen molar-refractivity contribution in [3.8, 4) is 0 Å². The molecule has 0 saturated heterocycles. The van der Waals surface area contributed by atoms with Crippen molar-refractivity contribution < 1.29 is 0 Å². The fraction of sp³-hybridized carbons (Fsp3) is 0.600. The second-order valence-electron chi connectivity index (χ2n) is 4.96. The van der Waals surface area contributed by atoms with Gasteiger partial charge in [0.05, 0.1) is 5.39 Å². The Morgan fingerprint density at radius 1 is 1.26 bits per heavy atom. The highest BCUT2D eigenvalue weighted by molar-refractivity contribution is 7.18. The van der Waals surface area contributed by atoms with Crippen LogP contribution in [0, 0.1) is 6.92 Å². The van der Waals surface area contributed by atoms with Gasteiger partial charge < -0.3 is 0 Å². The van der Waals surface area contributed by atoms with Gasteiger partial charge in [-0.05, 0) is 25.8 Å². The van der Waals surface area contributed by atoms with E-state index in [2.05, 4.69) is 18.8 Å². The van der Waals surface area contributed by atoms with Crippen molar-refractivity contribution in [2.24, 2.45) is 0 Å². The van der Waals surface area contributed by atoms with E-state index in [1.54, 1.807) is 11.3 Å². The minimum absolute atomic E-state index is 0.134. The van der Waals surface area contributed by atoms with Crippen molar-refractivity contribution in [1.29, 1.82) is 0 Å². The number of unbranched alkanes of at least 4 members (excludes halogenated alkanes) is 3. The van der Waals surface area contributed by atoms with Gasteiger partial charge in [-0.1, -0.05) is 33.1 Å². The minimum atomic E-state index is 0.134. The number of hydrogen-bond acceptors (Lipinski definition) is 3. The molecule has 0 aliphatic rings. The molecule has 0 amide bonds. The smallest absolute Gasteiger partial charge is 0.262 e. The molecule has 0 N–H and O–H groups in total. The third kappa shape index (κ3) is 3.06. The van der Waals surface area contributed by atoms with E-state index in [4.69, 9.17) is 0 Å². The Hall–Kier alpha value is -1.16. The molecule has 0 radical (unpaired) electrons. The predicted octanol–water partition coefficient (Wildman–Crippen LogP) is 3.91.